The minimum absolute atomic E-state index is 0.00891. The number of carboxylic acid groups (broad SMARTS) is 1. The van der Waals surface area contributed by atoms with Crippen molar-refractivity contribution in [2.24, 2.45) is 0 Å². The Morgan fingerprint density at radius 3 is 2.50 bits per heavy atom. The van der Waals surface area contributed by atoms with E-state index >= 15 is 0 Å². The van der Waals surface area contributed by atoms with Gasteiger partial charge in [0.2, 0.25) is 0 Å². The first kappa shape index (κ1) is 13.1. The number of hydrogen-bond donors (Lipinski definition) is 1. The molecule has 0 amide bonds. The number of carboxylic acids is 1. The lowest BCUT2D eigenvalue weighted by molar-refractivity contribution is -0.136. The van der Waals surface area contributed by atoms with Crippen molar-refractivity contribution in [1.82, 2.24) is 0 Å². The molecule has 0 heterocycles. The largest absolute Gasteiger partial charge is 0.489 e. The summed E-state index contributed by atoms with van der Waals surface area (Å²) in [6, 6.07) is 4.72. The molecule has 0 aromatic heterocycles. The van der Waals surface area contributed by atoms with Crippen LogP contribution >= 0.6 is 23.2 Å². The highest BCUT2D eigenvalue weighted by atomic mass is 35.5. The van der Waals surface area contributed by atoms with Crippen molar-refractivity contribution in [3.8, 4) is 5.75 Å². The van der Waals surface area contributed by atoms with E-state index in [0.29, 0.717) is 16.3 Å². The Morgan fingerprint density at radius 1 is 1.44 bits per heavy atom. The number of benzene rings is 1. The van der Waals surface area contributed by atoms with E-state index in [2.05, 4.69) is 0 Å². The number of ether oxygens (including phenoxy) is 1. The molecule has 0 spiro atoms. The molecule has 1 aromatic carbocycles. The van der Waals surface area contributed by atoms with Crippen LogP contribution in [-0.4, -0.2) is 17.2 Å². The number of aliphatic carboxylic acids is 1. The summed E-state index contributed by atoms with van der Waals surface area (Å²) in [6.07, 6.45) is 0.00891. The highest BCUT2D eigenvalue weighted by Gasteiger charge is 2.17. The van der Waals surface area contributed by atoms with Crippen molar-refractivity contribution >= 4 is 29.2 Å². The lowest BCUT2D eigenvalue weighted by Crippen LogP contribution is -2.07. The van der Waals surface area contributed by atoms with Crippen LogP contribution in [0.4, 0.5) is 0 Å². The predicted molar refractivity (Wildman–Crippen MR) is 63.4 cm³/mol. The monoisotopic (exact) mass is 262 g/mol. The Bertz CT molecular complexity index is 391. The van der Waals surface area contributed by atoms with Crippen LogP contribution in [0, 0.1) is 0 Å². The van der Waals surface area contributed by atoms with Crippen molar-refractivity contribution in [3.05, 3.63) is 28.8 Å². The molecule has 1 aromatic rings. The van der Waals surface area contributed by atoms with Gasteiger partial charge >= 0.3 is 5.97 Å². The Balaban J connectivity index is 2.95. The second-order valence-corrected chi connectivity index (χ2v) is 4.40. The van der Waals surface area contributed by atoms with Crippen LogP contribution < -0.4 is 4.74 Å². The Hall–Kier alpha value is -0.930. The molecular weight excluding hydrogens is 251 g/mol. The van der Waals surface area contributed by atoms with Gasteiger partial charge in [0.15, 0.2) is 5.38 Å². The molecule has 0 fully saturated rings. The van der Waals surface area contributed by atoms with Gasteiger partial charge in [-0.05, 0) is 31.5 Å². The molecule has 3 nitrogen and oxygen atoms in total. The standard InChI is InChI=1S/C11H12Cl2O3/c1-6(2)16-9-4-3-7(5-8(9)12)10(13)11(14)15/h3-6,10H,1-2H3,(H,14,15). The topological polar surface area (TPSA) is 46.5 Å². The number of halogens is 2. The van der Waals surface area contributed by atoms with Crippen molar-refractivity contribution in [2.45, 2.75) is 25.3 Å². The molecule has 16 heavy (non-hydrogen) atoms. The molecule has 0 aliphatic heterocycles. The van der Waals surface area contributed by atoms with Gasteiger partial charge in [0.25, 0.3) is 0 Å². The molecule has 1 atom stereocenters. The lowest BCUT2D eigenvalue weighted by atomic mass is 10.1. The van der Waals surface area contributed by atoms with E-state index in [-0.39, 0.29) is 6.10 Å². The van der Waals surface area contributed by atoms with Crippen molar-refractivity contribution in [2.75, 3.05) is 0 Å². The summed E-state index contributed by atoms with van der Waals surface area (Å²) in [7, 11) is 0. The first-order chi connectivity index (χ1) is 7.41. The highest BCUT2D eigenvalue weighted by Crippen LogP contribution is 2.30. The first-order valence-corrected chi connectivity index (χ1v) is 5.56. The van der Waals surface area contributed by atoms with Crippen LogP contribution in [0.2, 0.25) is 5.02 Å². The molecule has 0 saturated carbocycles. The van der Waals surface area contributed by atoms with Crippen LogP contribution in [0.25, 0.3) is 0 Å². The van der Waals surface area contributed by atoms with E-state index in [1.807, 2.05) is 13.8 Å². The average molecular weight is 263 g/mol. The molecule has 0 aliphatic rings. The number of rotatable bonds is 4. The van der Waals surface area contributed by atoms with E-state index in [9.17, 15) is 4.79 Å². The summed E-state index contributed by atoms with van der Waals surface area (Å²) in [6.45, 7) is 3.76. The van der Waals surface area contributed by atoms with Gasteiger partial charge in [-0.3, -0.25) is 4.79 Å². The zero-order chi connectivity index (χ0) is 12.3. The molecule has 0 radical (unpaired) electrons. The molecule has 0 aliphatic carbocycles. The highest BCUT2D eigenvalue weighted by molar-refractivity contribution is 6.33. The summed E-state index contributed by atoms with van der Waals surface area (Å²) >= 11 is 11.6. The molecule has 0 bridgehead atoms. The Kier molecular flexibility index (Phi) is 4.44. The smallest absolute Gasteiger partial charge is 0.326 e. The Labute approximate surface area is 104 Å². The molecular formula is C11H12Cl2O3. The van der Waals surface area contributed by atoms with Crippen LogP contribution in [0.5, 0.6) is 5.75 Å². The fourth-order valence-corrected chi connectivity index (χ4v) is 1.54. The minimum Gasteiger partial charge on any atom is -0.489 e. The second-order valence-electron chi connectivity index (χ2n) is 3.56. The van der Waals surface area contributed by atoms with Crippen LogP contribution in [-0.2, 0) is 4.79 Å². The molecule has 1 N–H and O–H groups in total. The molecule has 1 unspecified atom stereocenters. The van der Waals surface area contributed by atoms with Gasteiger partial charge in [0.05, 0.1) is 11.1 Å². The molecule has 5 heteroatoms. The molecule has 1 rings (SSSR count). The summed E-state index contributed by atoms with van der Waals surface area (Å²) in [4.78, 5) is 10.7. The number of alkyl halides is 1. The first-order valence-electron chi connectivity index (χ1n) is 4.74. The third-order valence-corrected chi connectivity index (χ3v) is 2.56. The van der Waals surface area contributed by atoms with Gasteiger partial charge in [0, 0.05) is 0 Å². The van der Waals surface area contributed by atoms with E-state index < -0.39 is 11.3 Å². The predicted octanol–water partition coefficient (Wildman–Crippen LogP) is 3.49. The normalized spacial score (nSPS) is 12.6. The number of hydrogen-bond acceptors (Lipinski definition) is 2. The zero-order valence-electron chi connectivity index (χ0n) is 8.91. The van der Waals surface area contributed by atoms with E-state index in [0.717, 1.165) is 0 Å². The van der Waals surface area contributed by atoms with E-state index in [1.54, 1.807) is 12.1 Å². The lowest BCUT2D eigenvalue weighted by Gasteiger charge is -2.12. The van der Waals surface area contributed by atoms with Gasteiger partial charge in [-0.1, -0.05) is 17.7 Å². The SMILES string of the molecule is CC(C)Oc1ccc(C(Cl)C(=O)O)cc1Cl. The summed E-state index contributed by atoms with van der Waals surface area (Å²) < 4.78 is 5.42. The third kappa shape index (κ3) is 3.29. The van der Waals surface area contributed by atoms with Gasteiger partial charge < -0.3 is 9.84 Å². The summed E-state index contributed by atoms with van der Waals surface area (Å²) in [5.41, 5.74) is 0.440. The summed E-state index contributed by atoms with van der Waals surface area (Å²) in [5, 5.41) is 8.00. The van der Waals surface area contributed by atoms with Gasteiger partial charge in [0.1, 0.15) is 5.75 Å². The second kappa shape index (κ2) is 5.41. The Morgan fingerprint density at radius 2 is 2.06 bits per heavy atom. The van der Waals surface area contributed by atoms with Gasteiger partial charge in [-0.2, -0.15) is 0 Å². The maximum Gasteiger partial charge on any atom is 0.326 e. The third-order valence-electron chi connectivity index (χ3n) is 1.83. The maximum atomic E-state index is 10.7. The average Bonchev–Trinajstić information content (AvgIpc) is 2.19. The van der Waals surface area contributed by atoms with E-state index in [1.165, 1.54) is 6.07 Å². The van der Waals surface area contributed by atoms with E-state index in [4.69, 9.17) is 33.0 Å². The maximum absolute atomic E-state index is 10.7. The minimum atomic E-state index is -1.10. The van der Waals surface area contributed by atoms with Gasteiger partial charge in [-0.25, -0.2) is 0 Å². The fraction of sp³-hybridized carbons (Fsp3) is 0.364. The number of carbonyl (C=O) groups is 1. The fourth-order valence-electron chi connectivity index (χ4n) is 1.17. The van der Waals surface area contributed by atoms with Gasteiger partial charge in [-0.15, -0.1) is 11.6 Å². The van der Waals surface area contributed by atoms with Crippen LogP contribution in [0.15, 0.2) is 18.2 Å². The zero-order valence-corrected chi connectivity index (χ0v) is 10.4. The van der Waals surface area contributed by atoms with Crippen LogP contribution in [0.3, 0.4) is 0 Å². The summed E-state index contributed by atoms with van der Waals surface area (Å²) in [5.74, 6) is -0.579. The quantitative estimate of drug-likeness (QED) is 0.846. The molecule has 0 saturated heterocycles. The van der Waals surface area contributed by atoms with Crippen molar-refractivity contribution < 1.29 is 14.6 Å². The molecule has 88 valence electrons. The van der Waals surface area contributed by atoms with Crippen molar-refractivity contribution in [3.63, 3.8) is 0 Å². The van der Waals surface area contributed by atoms with Crippen molar-refractivity contribution in [1.29, 1.82) is 0 Å². The van der Waals surface area contributed by atoms with Crippen LogP contribution in [0.1, 0.15) is 24.8 Å².